The Morgan fingerprint density at radius 2 is 2.23 bits per heavy atom. The van der Waals surface area contributed by atoms with Crippen LogP contribution in [0.4, 0.5) is 0 Å². The fourth-order valence-corrected chi connectivity index (χ4v) is 1.35. The molecule has 0 aliphatic heterocycles. The van der Waals surface area contributed by atoms with Crippen LogP contribution in [0.2, 0.25) is 5.02 Å². The van der Waals surface area contributed by atoms with Crippen molar-refractivity contribution >= 4 is 17.6 Å². The highest BCUT2D eigenvalue weighted by molar-refractivity contribution is 6.31. The number of pyridine rings is 1. The summed E-state index contributed by atoms with van der Waals surface area (Å²) >= 11 is 5.83. The van der Waals surface area contributed by atoms with Crippen LogP contribution in [-0.2, 0) is 10.2 Å². The van der Waals surface area contributed by atoms with Crippen molar-refractivity contribution in [1.82, 2.24) is 4.98 Å². The first kappa shape index (κ1) is 9.99. The van der Waals surface area contributed by atoms with Crippen LogP contribution in [0.15, 0.2) is 18.5 Å². The summed E-state index contributed by atoms with van der Waals surface area (Å²) in [6.45, 7) is 3.22. The molecule has 1 rings (SSSR count). The minimum atomic E-state index is -0.972. The number of carboxylic acid groups (broad SMARTS) is 1. The van der Waals surface area contributed by atoms with Crippen molar-refractivity contribution < 1.29 is 9.90 Å². The van der Waals surface area contributed by atoms with E-state index in [1.54, 1.807) is 19.9 Å². The molecule has 0 aliphatic rings. The molecule has 0 saturated heterocycles. The van der Waals surface area contributed by atoms with Gasteiger partial charge >= 0.3 is 5.97 Å². The smallest absolute Gasteiger partial charge is 0.313 e. The summed E-state index contributed by atoms with van der Waals surface area (Å²) in [5, 5.41) is 9.32. The Hall–Kier alpha value is -1.09. The molecule has 0 fully saturated rings. The van der Waals surface area contributed by atoms with Gasteiger partial charge in [0.1, 0.15) is 0 Å². The van der Waals surface area contributed by atoms with E-state index in [4.69, 9.17) is 16.7 Å². The zero-order chi connectivity index (χ0) is 10.1. The van der Waals surface area contributed by atoms with Crippen LogP contribution in [-0.4, -0.2) is 16.1 Å². The van der Waals surface area contributed by atoms with E-state index < -0.39 is 11.4 Å². The molecule has 0 bridgehead atoms. The van der Waals surface area contributed by atoms with Gasteiger partial charge in [-0.2, -0.15) is 0 Å². The Morgan fingerprint density at radius 3 is 2.69 bits per heavy atom. The molecule has 1 N–H and O–H groups in total. The number of nitrogens with zero attached hydrogens (tertiary/aromatic N) is 1. The first-order valence-electron chi connectivity index (χ1n) is 3.79. The maximum Gasteiger partial charge on any atom is 0.313 e. The maximum atomic E-state index is 10.9. The number of aliphatic carboxylic acids is 1. The van der Waals surface area contributed by atoms with E-state index in [-0.39, 0.29) is 0 Å². The van der Waals surface area contributed by atoms with Crippen molar-refractivity contribution in [3.63, 3.8) is 0 Å². The molecule has 3 nitrogen and oxygen atoms in total. The van der Waals surface area contributed by atoms with Crippen molar-refractivity contribution in [2.75, 3.05) is 0 Å². The molecule has 1 heterocycles. The fraction of sp³-hybridized carbons (Fsp3) is 0.333. The first-order valence-corrected chi connectivity index (χ1v) is 4.17. The van der Waals surface area contributed by atoms with Crippen molar-refractivity contribution in [1.29, 1.82) is 0 Å². The van der Waals surface area contributed by atoms with Gasteiger partial charge in [-0.25, -0.2) is 0 Å². The van der Waals surface area contributed by atoms with E-state index in [1.807, 2.05) is 0 Å². The summed E-state index contributed by atoms with van der Waals surface area (Å²) in [4.78, 5) is 14.7. The molecule has 0 aliphatic carbocycles. The van der Waals surface area contributed by atoms with Crippen LogP contribution in [0, 0.1) is 0 Å². The Morgan fingerprint density at radius 1 is 1.62 bits per heavy atom. The molecule has 4 heteroatoms. The monoisotopic (exact) mass is 199 g/mol. The van der Waals surface area contributed by atoms with E-state index in [0.717, 1.165) is 0 Å². The lowest BCUT2D eigenvalue weighted by atomic mass is 9.85. The summed E-state index contributed by atoms with van der Waals surface area (Å²) in [7, 11) is 0. The molecule has 0 radical (unpaired) electrons. The summed E-state index contributed by atoms with van der Waals surface area (Å²) in [5.41, 5.74) is -0.392. The fourth-order valence-electron chi connectivity index (χ4n) is 0.997. The third-order valence-electron chi connectivity index (χ3n) is 1.98. The van der Waals surface area contributed by atoms with Gasteiger partial charge in [-0.1, -0.05) is 11.6 Å². The topological polar surface area (TPSA) is 50.2 Å². The number of rotatable bonds is 2. The van der Waals surface area contributed by atoms with E-state index >= 15 is 0 Å². The van der Waals surface area contributed by atoms with Gasteiger partial charge < -0.3 is 5.11 Å². The lowest BCUT2D eigenvalue weighted by Gasteiger charge is -2.20. The third kappa shape index (κ3) is 1.80. The van der Waals surface area contributed by atoms with E-state index in [2.05, 4.69) is 4.98 Å². The maximum absolute atomic E-state index is 10.9. The van der Waals surface area contributed by atoms with E-state index in [9.17, 15) is 4.79 Å². The molecular formula is C9H10ClNO2. The number of carboxylic acids is 1. The SMILES string of the molecule is CC(C)(C(=O)O)c1ccncc1Cl. The van der Waals surface area contributed by atoms with Gasteiger partial charge in [-0.05, 0) is 25.5 Å². The molecule has 0 amide bonds. The van der Waals surface area contributed by atoms with Crippen LogP contribution in [0.5, 0.6) is 0 Å². The van der Waals surface area contributed by atoms with Gasteiger partial charge in [-0.15, -0.1) is 0 Å². The molecule has 0 atom stereocenters. The largest absolute Gasteiger partial charge is 0.481 e. The van der Waals surface area contributed by atoms with Crippen molar-refractivity contribution in [3.05, 3.63) is 29.0 Å². The normalized spacial score (nSPS) is 11.3. The van der Waals surface area contributed by atoms with Gasteiger partial charge in [-0.3, -0.25) is 9.78 Å². The Balaban J connectivity index is 3.22. The van der Waals surface area contributed by atoms with Gasteiger partial charge in [0.15, 0.2) is 0 Å². The Bertz CT molecular complexity index is 336. The highest BCUT2D eigenvalue weighted by Crippen LogP contribution is 2.28. The predicted molar refractivity (Wildman–Crippen MR) is 49.9 cm³/mol. The second-order valence-corrected chi connectivity index (χ2v) is 3.69. The summed E-state index contributed by atoms with van der Waals surface area (Å²) in [5.74, 6) is -0.902. The minimum Gasteiger partial charge on any atom is -0.481 e. The third-order valence-corrected chi connectivity index (χ3v) is 2.28. The van der Waals surface area contributed by atoms with Crippen LogP contribution in [0.1, 0.15) is 19.4 Å². The number of halogens is 1. The van der Waals surface area contributed by atoms with Crippen LogP contribution in [0.25, 0.3) is 0 Å². The summed E-state index contributed by atoms with van der Waals surface area (Å²) < 4.78 is 0. The van der Waals surface area contributed by atoms with Crippen LogP contribution in [0.3, 0.4) is 0 Å². The second kappa shape index (κ2) is 3.34. The van der Waals surface area contributed by atoms with Crippen molar-refractivity contribution in [3.8, 4) is 0 Å². The Labute approximate surface area is 81.4 Å². The molecule has 70 valence electrons. The average molecular weight is 200 g/mol. The zero-order valence-corrected chi connectivity index (χ0v) is 8.17. The molecule has 13 heavy (non-hydrogen) atoms. The molecule has 0 saturated carbocycles. The standard InChI is InChI=1S/C9H10ClNO2/c1-9(2,8(12)13)6-3-4-11-5-7(6)10/h3-5H,1-2H3,(H,12,13). The predicted octanol–water partition coefficient (Wildman–Crippen LogP) is 2.10. The molecule has 0 unspecified atom stereocenters. The number of hydrogen-bond acceptors (Lipinski definition) is 2. The summed E-state index contributed by atoms with van der Waals surface area (Å²) in [6.07, 6.45) is 2.98. The number of carbonyl (C=O) groups is 1. The number of hydrogen-bond donors (Lipinski definition) is 1. The molecule has 1 aromatic heterocycles. The van der Waals surface area contributed by atoms with Crippen molar-refractivity contribution in [2.24, 2.45) is 0 Å². The quantitative estimate of drug-likeness (QED) is 0.794. The van der Waals surface area contributed by atoms with Gasteiger partial charge in [0.05, 0.1) is 10.4 Å². The lowest BCUT2D eigenvalue weighted by molar-refractivity contribution is -0.142. The van der Waals surface area contributed by atoms with Gasteiger partial charge in [0, 0.05) is 12.4 Å². The zero-order valence-electron chi connectivity index (χ0n) is 7.41. The highest BCUT2D eigenvalue weighted by Gasteiger charge is 2.31. The van der Waals surface area contributed by atoms with Crippen molar-refractivity contribution in [2.45, 2.75) is 19.3 Å². The van der Waals surface area contributed by atoms with Gasteiger partial charge in [0.25, 0.3) is 0 Å². The second-order valence-electron chi connectivity index (χ2n) is 3.29. The van der Waals surface area contributed by atoms with E-state index in [1.165, 1.54) is 12.4 Å². The van der Waals surface area contributed by atoms with Gasteiger partial charge in [0.2, 0.25) is 0 Å². The molecular weight excluding hydrogens is 190 g/mol. The van der Waals surface area contributed by atoms with Crippen LogP contribution >= 0.6 is 11.6 Å². The van der Waals surface area contributed by atoms with E-state index in [0.29, 0.717) is 10.6 Å². The average Bonchev–Trinajstić information content (AvgIpc) is 2.04. The lowest BCUT2D eigenvalue weighted by Crippen LogP contribution is -2.28. The molecule has 0 aromatic carbocycles. The molecule has 1 aromatic rings. The number of aromatic nitrogens is 1. The van der Waals surface area contributed by atoms with Crippen LogP contribution < -0.4 is 0 Å². The Kier molecular flexibility index (Phi) is 2.57. The first-order chi connectivity index (χ1) is 5.96. The summed E-state index contributed by atoms with van der Waals surface area (Å²) in [6, 6.07) is 1.62. The molecule has 0 spiro atoms. The highest BCUT2D eigenvalue weighted by atomic mass is 35.5. The minimum absolute atomic E-state index is 0.384.